The van der Waals surface area contributed by atoms with Crippen LogP contribution < -0.4 is 26.7 Å². The number of nitrogens with zero attached hydrogens (tertiary/aromatic N) is 4. The molecule has 0 radical (unpaired) electrons. The van der Waals surface area contributed by atoms with Gasteiger partial charge in [0.25, 0.3) is 11.2 Å². The van der Waals surface area contributed by atoms with Gasteiger partial charge >= 0.3 is 0 Å². The first-order chi connectivity index (χ1) is 13.0. The van der Waals surface area contributed by atoms with Crippen molar-refractivity contribution >= 4 is 36.0 Å². The molecule has 1 amide bonds. The Bertz CT molecular complexity index is 843. The lowest BCUT2D eigenvalue weighted by atomic mass is 10.2. The van der Waals surface area contributed by atoms with E-state index in [2.05, 4.69) is 28.4 Å². The quantitative estimate of drug-likeness (QED) is 0.350. The molecule has 0 aliphatic carbocycles. The molecule has 7 heteroatoms. The number of anilines is 2. The second kappa shape index (κ2) is 9.85. The van der Waals surface area contributed by atoms with Crippen LogP contribution >= 0.6 is 0 Å². The van der Waals surface area contributed by atoms with Gasteiger partial charge in [-0.05, 0) is 37.4 Å². The third kappa shape index (κ3) is 4.72. The van der Waals surface area contributed by atoms with Crippen molar-refractivity contribution in [3.63, 3.8) is 0 Å². The Morgan fingerprint density at radius 2 is 2.11 bits per heavy atom. The van der Waals surface area contributed by atoms with Crippen molar-refractivity contribution in [3.05, 3.63) is 23.0 Å². The van der Waals surface area contributed by atoms with Gasteiger partial charge in [-0.2, -0.15) is 0 Å². The molecular weight excluding hydrogens is 340 g/mol. The predicted octanol–water partition coefficient (Wildman–Crippen LogP) is 1.44. The molecule has 0 aromatic carbocycles. The van der Waals surface area contributed by atoms with Gasteiger partial charge in [0.1, 0.15) is 5.69 Å². The highest BCUT2D eigenvalue weighted by molar-refractivity contribution is 5.85. The average molecular weight is 372 g/mol. The first-order valence-corrected chi connectivity index (χ1v) is 9.58. The lowest BCUT2D eigenvalue weighted by Gasteiger charge is -2.17. The van der Waals surface area contributed by atoms with Crippen LogP contribution in [0.4, 0.5) is 17.2 Å². The molecule has 0 unspecified atom stereocenters. The van der Waals surface area contributed by atoms with Crippen molar-refractivity contribution in [2.75, 3.05) is 30.8 Å². The molecule has 0 spiro atoms. The first kappa shape index (κ1) is 20.6. The maximum Gasteiger partial charge on any atom is 0.300 e. The molecule has 27 heavy (non-hydrogen) atoms. The van der Waals surface area contributed by atoms with Crippen LogP contribution in [0.5, 0.6) is 0 Å². The van der Waals surface area contributed by atoms with E-state index in [4.69, 9.17) is 10.7 Å². The highest BCUT2D eigenvalue weighted by Gasteiger charge is 2.32. The Hall–Kier alpha value is -2.70. The predicted molar refractivity (Wildman–Crippen MR) is 111 cm³/mol. The number of carbonyl (C=O) groups is 1. The number of nitrogens with one attached hydrogen (secondary N) is 1. The highest BCUT2D eigenvalue weighted by Crippen LogP contribution is 2.25. The molecule has 0 atom stereocenters. The lowest BCUT2D eigenvalue weighted by molar-refractivity contribution is -0.440. The van der Waals surface area contributed by atoms with Crippen LogP contribution in [0.25, 0.3) is 6.58 Å². The lowest BCUT2D eigenvalue weighted by Crippen LogP contribution is -2.29. The van der Waals surface area contributed by atoms with E-state index in [1.54, 1.807) is 0 Å². The van der Waals surface area contributed by atoms with Gasteiger partial charge in [-0.25, -0.2) is 9.56 Å². The third-order valence-electron chi connectivity index (χ3n) is 4.56. The summed E-state index contributed by atoms with van der Waals surface area (Å²) in [7, 11) is 1.98. The number of aromatic nitrogens is 1. The van der Waals surface area contributed by atoms with E-state index in [9.17, 15) is 4.79 Å². The van der Waals surface area contributed by atoms with E-state index in [-0.39, 0.29) is 0 Å². The van der Waals surface area contributed by atoms with Crippen molar-refractivity contribution < 1.29 is 9.37 Å². The summed E-state index contributed by atoms with van der Waals surface area (Å²) >= 11 is 0. The SMILES string of the molecule is C=c1nc(N)c2c(c1N(C)/C=C\C)[N+](CCCCNC=O)=C(CCCC)N=2. The van der Waals surface area contributed by atoms with Gasteiger partial charge in [-0.1, -0.05) is 26.0 Å². The molecule has 1 aliphatic rings. The van der Waals surface area contributed by atoms with Crippen molar-refractivity contribution in [1.29, 1.82) is 0 Å². The number of hydrogen-bond donors (Lipinski definition) is 2. The molecule has 0 saturated carbocycles. The van der Waals surface area contributed by atoms with Crippen molar-refractivity contribution in [1.82, 2.24) is 10.3 Å². The number of nitrogen functional groups attached to an aromatic ring is 1. The Morgan fingerprint density at radius 1 is 1.33 bits per heavy atom. The maximum atomic E-state index is 10.4. The summed E-state index contributed by atoms with van der Waals surface area (Å²) in [6, 6.07) is 0. The summed E-state index contributed by atoms with van der Waals surface area (Å²) in [6.07, 6.45) is 9.62. The van der Waals surface area contributed by atoms with Gasteiger partial charge in [0.05, 0.1) is 18.3 Å². The second-order valence-electron chi connectivity index (χ2n) is 6.65. The highest BCUT2D eigenvalue weighted by atomic mass is 16.1. The van der Waals surface area contributed by atoms with E-state index in [1.807, 2.05) is 31.1 Å². The summed E-state index contributed by atoms with van der Waals surface area (Å²) in [5.41, 5.74) is 8.11. The minimum atomic E-state index is 0.423. The van der Waals surface area contributed by atoms with Crippen LogP contribution in [0.2, 0.25) is 0 Å². The Labute approximate surface area is 161 Å². The minimum absolute atomic E-state index is 0.423. The second-order valence-corrected chi connectivity index (χ2v) is 6.65. The number of pyridine rings is 1. The fourth-order valence-corrected chi connectivity index (χ4v) is 3.30. The molecular formula is C20H31N6O+. The summed E-state index contributed by atoms with van der Waals surface area (Å²) in [5.74, 6) is 1.45. The monoisotopic (exact) mass is 371 g/mol. The van der Waals surface area contributed by atoms with Gasteiger partial charge < -0.3 is 16.0 Å². The molecule has 2 heterocycles. The number of amidine groups is 1. The number of allylic oxidation sites excluding steroid dienone is 1. The zero-order chi connectivity index (χ0) is 19.8. The number of fused-ring (bicyclic) bond motifs is 1. The van der Waals surface area contributed by atoms with Crippen LogP contribution in [0.15, 0.2) is 17.3 Å². The van der Waals surface area contributed by atoms with Crippen LogP contribution in [0, 0.1) is 0 Å². The van der Waals surface area contributed by atoms with E-state index >= 15 is 0 Å². The van der Waals surface area contributed by atoms with Crippen LogP contribution in [-0.2, 0) is 4.79 Å². The molecule has 2 rings (SSSR count). The van der Waals surface area contributed by atoms with E-state index in [1.165, 1.54) is 0 Å². The number of nitrogens with two attached hydrogens (primary N) is 1. The molecule has 7 nitrogen and oxygen atoms in total. The van der Waals surface area contributed by atoms with Crippen molar-refractivity contribution in [3.8, 4) is 0 Å². The van der Waals surface area contributed by atoms with Crippen LogP contribution in [0.3, 0.4) is 0 Å². The average Bonchev–Trinajstić information content (AvgIpc) is 2.99. The summed E-state index contributed by atoms with van der Waals surface area (Å²) < 4.78 is 2.26. The van der Waals surface area contributed by atoms with Gasteiger partial charge in [-0.15, -0.1) is 0 Å². The van der Waals surface area contributed by atoms with Crippen LogP contribution in [-0.4, -0.2) is 41.9 Å². The zero-order valence-corrected chi connectivity index (χ0v) is 16.7. The number of unbranched alkanes of at least 4 members (excludes halogenated alkanes) is 2. The molecule has 146 valence electrons. The molecule has 1 aliphatic heterocycles. The van der Waals surface area contributed by atoms with Crippen molar-refractivity contribution in [2.24, 2.45) is 4.99 Å². The fraction of sp³-hybridized carbons (Fsp3) is 0.500. The topological polar surface area (TPSA) is 86.6 Å². The Kier molecular flexibility index (Phi) is 7.52. The maximum absolute atomic E-state index is 10.4. The molecule has 1 aromatic rings. The first-order valence-electron chi connectivity index (χ1n) is 9.58. The van der Waals surface area contributed by atoms with Crippen LogP contribution in [0.1, 0.15) is 46.0 Å². The Morgan fingerprint density at radius 3 is 2.78 bits per heavy atom. The summed E-state index contributed by atoms with van der Waals surface area (Å²) in [5, 5.41) is 4.10. The zero-order valence-electron chi connectivity index (χ0n) is 16.7. The molecule has 0 bridgehead atoms. The van der Waals surface area contributed by atoms with E-state index < -0.39 is 0 Å². The number of hydrogen-bond acceptors (Lipinski definition) is 5. The normalized spacial score (nSPS) is 13.0. The molecule has 0 fully saturated rings. The van der Waals surface area contributed by atoms with Gasteiger partial charge in [0, 0.05) is 13.6 Å². The molecule has 1 aromatic heterocycles. The number of amides is 1. The van der Waals surface area contributed by atoms with Gasteiger partial charge in [0.15, 0.2) is 5.82 Å². The van der Waals surface area contributed by atoms with Gasteiger partial charge in [-0.3, -0.25) is 4.79 Å². The number of carbonyl (C=O) groups excluding carboxylic acids is 1. The Balaban J connectivity index is 2.47. The summed E-state index contributed by atoms with van der Waals surface area (Å²) in [4.78, 5) is 21.7. The molecule has 3 N–H and O–H groups in total. The summed E-state index contributed by atoms with van der Waals surface area (Å²) in [6.45, 7) is 9.75. The largest absolute Gasteiger partial charge is 0.380 e. The standard InChI is InChI=1S/C20H30N6O/c1-5-7-10-16-24-17-19(26(16)13-9-8-11-22-14-27)18(25(4)12-6-2)15(3)23-20(17)21/h6,12,14H,3,5,7-11,13H2,1-2,4H3,(H2-,21,22,23,27)/p+1/b12-6-. The number of rotatable bonds is 11. The third-order valence-corrected chi connectivity index (χ3v) is 4.56. The minimum Gasteiger partial charge on any atom is -0.380 e. The fourth-order valence-electron chi connectivity index (χ4n) is 3.30. The molecule has 0 saturated heterocycles. The smallest absolute Gasteiger partial charge is 0.300 e. The van der Waals surface area contributed by atoms with Gasteiger partial charge in [0.2, 0.25) is 12.1 Å². The van der Waals surface area contributed by atoms with E-state index in [0.717, 1.165) is 67.6 Å². The van der Waals surface area contributed by atoms with E-state index in [0.29, 0.717) is 17.7 Å². The van der Waals surface area contributed by atoms with Crippen molar-refractivity contribution in [2.45, 2.75) is 46.0 Å².